The number of amides is 2. The number of aromatic nitrogens is 4. The van der Waals surface area contributed by atoms with Crippen molar-refractivity contribution in [1.82, 2.24) is 29.0 Å². The minimum absolute atomic E-state index is 0.00169. The molecule has 0 N–H and O–H groups in total. The fourth-order valence-corrected chi connectivity index (χ4v) is 6.10. The highest BCUT2D eigenvalue weighted by Crippen LogP contribution is 2.42. The van der Waals surface area contributed by atoms with Crippen LogP contribution < -0.4 is 0 Å². The number of urea groups is 1. The molecule has 2 aliphatic heterocycles. The number of rotatable bonds is 2. The first kappa shape index (κ1) is 28.1. The minimum atomic E-state index is -4.80. The maximum atomic E-state index is 14.2. The predicted octanol–water partition coefficient (Wildman–Crippen LogP) is 4.06. The number of ether oxygens (including phenoxy) is 1. The maximum absolute atomic E-state index is 14.2. The van der Waals surface area contributed by atoms with E-state index in [4.69, 9.17) is 4.74 Å². The van der Waals surface area contributed by atoms with Crippen LogP contribution in [0.5, 0.6) is 0 Å². The van der Waals surface area contributed by atoms with Gasteiger partial charge in [0.15, 0.2) is 11.6 Å². The lowest BCUT2D eigenvalue weighted by atomic mass is 9.98. The standard InChI is InChI=1S/C29H23F5N6O4/c30-28(31)14-38(7-8-44-15-28)27(43)37-5-6-40-26-16(13-37)9-17(29(32,33)34)10-18(26)25(36-40)24-21(42)11-20(41)23(24)19-12-35-22-3-1-2-4-39(19)22/h1-4,9-10,12H,5-8,11,13-15H2. The van der Waals surface area contributed by atoms with E-state index < -0.39 is 54.8 Å². The van der Waals surface area contributed by atoms with E-state index in [2.05, 4.69) is 10.1 Å². The third-order valence-electron chi connectivity index (χ3n) is 8.01. The molecule has 4 aromatic rings. The molecule has 7 rings (SSSR count). The van der Waals surface area contributed by atoms with Crippen molar-refractivity contribution < 1.29 is 41.1 Å². The van der Waals surface area contributed by atoms with Crippen LogP contribution in [0.15, 0.2) is 42.7 Å². The molecule has 15 heteroatoms. The van der Waals surface area contributed by atoms with Crippen LogP contribution in [0.25, 0.3) is 27.7 Å². The van der Waals surface area contributed by atoms with Crippen LogP contribution in [-0.4, -0.2) is 85.3 Å². The van der Waals surface area contributed by atoms with Crippen molar-refractivity contribution in [2.45, 2.75) is 31.6 Å². The number of allylic oxidation sites excluding steroid dienone is 2. The van der Waals surface area contributed by atoms with Gasteiger partial charge in [-0.1, -0.05) is 6.07 Å². The van der Waals surface area contributed by atoms with E-state index in [1.165, 1.54) is 15.8 Å². The number of carbonyl (C=O) groups is 3. The summed E-state index contributed by atoms with van der Waals surface area (Å²) < 4.78 is 78.9. The summed E-state index contributed by atoms with van der Waals surface area (Å²) in [6.45, 7) is -2.30. The Morgan fingerprint density at radius 1 is 1.00 bits per heavy atom. The normalized spacial score (nSPS) is 19.3. The lowest BCUT2D eigenvalue weighted by Crippen LogP contribution is -2.48. The summed E-state index contributed by atoms with van der Waals surface area (Å²) in [7, 11) is 0. The molecular formula is C29H23F5N6O4. The van der Waals surface area contributed by atoms with E-state index >= 15 is 0 Å². The summed E-state index contributed by atoms with van der Waals surface area (Å²) in [6.07, 6.45) is -2.19. The van der Waals surface area contributed by atoms with Gasteiger partial charge >= 0.3 is 12.2 Å². The number of ketones is 2. The molecule has 0 radical (unpaired) electrons. The third kappa shape index (κ3) is 4.62. The Labute approximate surface area is 245 Å². The second-order valence-corrected chi connectivity index (χ2v) is 11.0. The lowest BCUT2D eigenvalue weighted by Gasteiger charge is -2.30. The first-order valence-electron chi connectivity index (χ1n) is 13.7. The molecule has 0 spiro atoms. The number of pyridine rings is 1. The molecule has 0 bridgehead atoms. The number of hydrogen-bond donors (Lipinski definition) is 0. The highest BCUT2D eigenvalue weighted by Gasteiger charge is 2.41. The molecule has 1 fully saturated rings. The fourth-order valence-electron chi connectivity index (χ4n) is 6.10. The molecule has 1 aliphatic carbocycles. The summed E-state index contributed by atoms with van der Waals surface area (Å²) in [6, 6.07) is 6.19. The number of fused-ring (bicyclic) bond motifs is 1. The molecule has 1 saturated heterocycles. The van der Waals surface area contributed by atoms with Crippen molar-refractivity contribution in [3.63, 3.8) is 0 Å². The van der Waals surface area contributed by atoms with Gasteiger partial charge in [0, 0.05) is 31.2 Å². The van der Waals surface area contributed by atoms with Crippen LogP contribution in [0.2, 0.25) is 0 Å². The van der Waals surface area contributed by atoms with Gasteiger partial charge in [0.2, 0.25) is 0 Å². The maximum Gasteiger partial charge on any atom is 0.416 e. The van der Waals surface area contributed by atoms with Crippen LogP contribution in [0.4, 0.5) is 26.7 Å². The topological polar surface area (TPSA) is 102 Å². The second-order valence-electron chi connectivity index (χ2n) is 11.0. The van der Waals surface area contributed by atoms with Gasteiger partial charge in [-0.05, 0) is 29.8 Å². The van der Waals surface area contributed by atoms with Gasteiger partial charge in [-0.15, -0.1) is 0 Å². The molecular weight excluding hydrogens is 591 g/mol. The predicted molar refractivity (Wildman–Crippen MR) is 145 cm³/mol. The number of Topliss-reactive ketones (excluding diaryl/α,β-unsaturated/α-hetero) is 2. The van der Waals surface area contributed by atoms with Crippen LogP contribution in [-0.2, 0) is 33.6 Å². The average Bonchev–Trinajstić information content (AvgIpc) is 3.54. The van der Waals surface area contributed by atoms with Crippen molar-refractivity contribution in [2.24, 2.45) is 0 Å². The molecule has 1 aromatic carbocycles. The SMILES string of the molecule is O=C1CC(=O)C(c2cnc3ccccn23)=C1c1nn2c3c(cc(C(F)(F)F)cc13)CN(C(=O)N1CCOCC(F)(F)C1)CC2. The van der Waals surface area contributed by atoms with E-state index in [-0.39, 0.29) is 66.1 Å². The Balaban J connectivity index is 1.38. The molecule has 228 valence electrons. The number of benzene rings is 1. The van der Waals surface area contributed by atoms with Gasteiger partial charge in [0.25, 0.3) is 5.92 Å². The van der Waals surface area contributed by atoms with Gasteiger partial charge in [-0.2, -0.15) is 18.3 Å². The number of hydrogen-bond acceptors (Lipinski definition) is 6. The summed E-state index contributed by atoms with van der Waals surface area (Å²) in [5.74, 6) is -4.37. The van der Waals surface area contributed by atoms with Gasteiger partial charge in [0.1, 0.15) is 17.9 Å². The Bertz CT molecular complexity index is 1910. The van der Waals surface area contributed by atoms with Crippen LogP contribution in [0.3, 0.4) is 0 Å². The van der Waals surface area contributed by atoms with Gasteiger partial charge in [-0.3, -0.25) is 18.7 Å². The Morgan fingerprint density at radius 2 is 1.80 bits per heavy atom. The van der Waals surface area contributed by atoms with E-state index in [9.17, 15) is 36.3 Å². The van der Waals surface area contributed by atoms with Gasteiger partial charge < -0.3 is 14.5 Å². The van der Waals surface area contributed by atoms with Crippen LogP contribution in [0.1, 0.15) is 28.9 Å². The summed E-state index contributed by atoms with van der Waals surface area (Å²) in [5, 5.41) is 4.54. The number of alkyl halides is 5. The Morgan fingerprint density at radius 3 is 2.59 bits per heavy atom. The molecule has 0 saturated carbocycles. The smallest absolute Gasteiger partial charge is 0.373 e. The lowest BCUT2D eigenvalue weighted by molar-refractivity contribution is -0.137. The zero-order valence-electron chi connectivity index (χ0n) is 22.9. The molecule has 3 aromatic heterocycles. The first-order valence-corrected chi connectivity index (χ1v) is 13.7. The molecule has 3 aliphatic rings. The van der Waals surface area contributed by atoms with Crippen molar-refractivity contribution in [1.29, 1.82) is 0 Å². The minimum Gasteiger partial charge on any atom is -0.373 e. The van der Waals surface area contributed by atoms with E-state index in [1.54, 1.807) is 28.8 Å². The van der Waals surface area contributed by atoms with Crippen molar-refractivity contribution in [2.75, 3.05) is 32.8 Å². The zero-order chi connectivity index (χ0) is 31.0. The summed E-state index contributed by atoms with van der Waals surface area (Å²) in [5.41, 5.74) is -0.0649. The summed E-state index contributed by atoms with van der Waals surface area (Å²) in [4.78, 5) is 46.3. The summed E-state index contributed by atoms with van der Waals surface area (Å²) >= 11 is 0. The van der Waals surface area contributed by atoms with Crippen molar-refractivity contribution >= 4 is 45.3 Å². The Kier molecular flexibility index (Phi) is 6.35. The third-order valence-corrected chi connectivity index (χ3v) is 8.01. The quantitative estimate of drug-likeness (QED) is 0.250. The number of nitrogens with zero attached hydrogens (tertiary/aromatic N) is 6. The van der Waals surface area contributed by atoms with E-state index in [0.717, 1.165) is 17.0 Å². The average molecular weight is 615 g/mol. The first-order chi connectivity index (χ1) is 20.9. The van der Waals surface area contributed by atoms with Gasteiger partial charge in [0.05, 0.1) is 60.2 Å². The van der Waals surface area contributed by atoms with Crippen LogP contribution in [0, 0.1) is 0 Å². The molecule has 10 nitrogen and oxygen atoms in total. The monoisotopic (exact) mass is 614 g/mol. The number of halogens is 5. The van der Waals surface area contributed by atoms with E-state index in [1.807, 2.05) is 0 Å². The second kappa shape index (κ2) is 9.94. The van der Waals surface area contributed by atoms with Crippen LogP contribution >= 0.6 is 0 Å². The number of carbonyl (C=O) groups excluding carboxylic acids is 3. The fraction of sp³-hybridized carbons (Fsp3) is 0.345. The molecule has 5 heterocycles. The van der Waals surface area contributed by atoms with Crippen molar-refractivity contribution in [3.05, 3.63) is 65.2 Å². The Hall–Kier alpha value is -4.66. The number of imidazole rings is 1. The zero-order valence-corrected chi connectivity index (χ0v) is 22.9. The molecule has 2 amide bonds. The largest absolute Gasteiger partial charge is 0.416 e. The highest BCUT2D eigenvalue weighted by molar-refractivity contribution is 6.51. The molecule has 44 heavy (non-hydrogen) atoms. The van der Waals surface area contributed by atoms with E-state index in [0.29, 0.717) is 11.3 Å². The highest BCUT2D eigenvalue weighted by atomic mass is 19.4. The molecule has 0 unspecified atom stereocenters. The molecule has 0 atom stereocenters. The van der Waals surface area contributed by atoms with Gasteiger partial charge in [-0.25, -0.2) is 18.6 Å². The van der Waals surface area contributed by atoms with Crippen molar-refractivity contribution in [3.8, 4) is 0 Å².